The maximum absolute atomic E-state index is 12.6. The smallest absolute Gasteiger partial charge is 0.259 e. The molecule has 7 heteroatoms. The highest BCUT2D eigenvalue weighted by Crippen LogP contribution is 2.20. The fraction of sp³-hybridized carbons (Fsp3) is 0.167. The van der Waals surface area contributed by atoms with Crippen LogP contribution in [0.4, 0.5) is 5.69 Å². The third-order valence-electron chi connectivity index (χ3n) is 4.36. The van der Waals surface area contributed by atoms with E-state index in [1.807, 2.05) is 18.2 Å². The first-order valence-electron chi connectivity index (χ1n) is 9.62. The van der Waals surface area contributed by atoms with Crippen molar-refractivity contribution in [2.45, 2.75) is 6.61 Å². The molecule has 0 aromatic heterocycles. The highest BCUT2D eigenvalue weighted by molar-refractivity contribution is 6.30. The van der Waals surface area contributed by atoms with Crippen LogP contribution in [0.2, 0.25) is 5.02 Å². The number of carbonyl (C=O) groups is 2. The van der Waals surface area contributed by atoms with Gasteiger partial charge in [-0.2, -0.15) is 0 Å². The Bertz CT molecular complexity index is 1050. The summed E-state index contributed by atoms with van der Waals surface area (Å²) in [6.07, 6.45) is 0. The molecule has 31 heavy (non-hydrogen) atoms. The van der Waals surface area contributed by atoms with Crippen molar-refractivity contribution in [2.75, 3.05) is 26.0 Å². The van der Waals surface area contributed by atoms with Crippen molar-refractivity contribution in [1.82, 2.24) is 4.90 Å². The van der Waals surface area contributed by atoms with Crippen molar-refractivity contribution >= 4 is 29.1 Å². The SMILES string of the molecule is CN(C)C(=O)COc1ccc(NC(=O)c2cccc(OCc3cccc(Cl)c3)c2)cc1. The molecule has 0 bridgehead atoms. The summed E-state index contributed by atoms with van der Waals surface area (Å²) < 4.78 is 11.2. The van der Waals surface area contributed by atoms with Gasteiger partial charge in [0.15, 0.2) is 6.61 Å². The first kappa shape index (κ1) is 22.2. The molecule has 3 aromatic carbocycles. The van der Waals surface area contributed by atoms with Crippen LogP contribution < -0.4 is 14.8 Å². The normalized spacial score (nSPS) is 10.3. The monoisotopic (exact) mass is 438 g/mol. The van der Waals surface area contributed by atoms with Gasteiger partial charge in [0.1, 0.15) is 18.1 Å². The van der Waals surface area contributed by atoms with Crippen LogP contribution in [0.25, 0.3) is 0 Å². The van der Waals surface area contributed by atoms with Crippen LogP contribution in [0.1, 0.15) is 15.9 Å². The largest absolute Gasteiger partial charge is 0.489 e. The van der Waals surface area contributed by atoms with Crippen molar-refractivity contribution in [3.8, 4) is 11.5 Å². The molecule has 0 radical (unpaired) electrons. The summed E-state index contributed by atoms with van der Waals surface area (Å²) >= 11 is 5.99. The van der Waals surface area contributed by atoms with E-state index in [4.69, 9.17) is 21.1 Å². The second-order valence-electron chi connectivity index (χ2n) is 7.00. The van der Waals surface area contributed by atoms with Crippen LogP contribution in [-0.4, -0.2) is 37.4 Å². The van der Waals surface area contributed by atoms with E-state index in [9.17, 15) is 9.59 Å². The summed E-state index contributed by atoms with van der Waals surface area (Å²) in [5.41, 5.74) is 2.03. The molecular formula is C24H23ClN2O4. The molecule has 0 aliphatic carbocycles. The lowest BCUT2D eigenvalue weighted by Gasteiger charge is -2.12. The Kier molecular flexibility index (Phi) is 7.51. The van der Waals surface area contributed by atoms with E-state index in [0.717, 1.165) is 5.56 Å². The van der Waals surface area contributed by atoms with E-state index in [-0.39, 0.29) is 18.4 Å². The number of ether oxygens (including phenoxy) is 2. The molecule has 0 fully saturated rings. The average molecular weight is 439 g/mol. The molecule has 6 nitrogen and oxygen atoms in total. The zero-order valence-corrected chi connectivity index (χ0v) is 18.1. The van der Waals surface area contributed by atoms with E-state index in [1.54, 1.807) is 68.7 Å². The minimum absolute atomic E-state index is 0.0410. The van der Waals surface area contributed by atoms with Crippen molar-refractivity contribution in [3.05, 3.63) is 88.9 Å². The second-order valence-corrected chi connectivity index (χ2v) is 7.44. The molecule has 0 saturated carbocycles. The van der Waals surface area contributed by atoms with Gasteiger partial charge in [0.25, 0.3) is 11.8 Å². The van der Waals surface area contributed by atoms with Gasteiger partial charge in [0.05, 0.1) is 0 Å². The topological polar surface area (TPSA) is 67.9 Å². The molecule has 160 valence electrons. The van der Waals surface area contributed by atoms with Crippen LogP contribution in [0.5, 0.6) is 11.5 Å². The molecular weight excluding hydrogens is 416 g/mol. The highest BCUT2D eigenvalue weighted by atomic mass is 35.5. The van der Waals surface area contributed by atoms with Crippen LogP contribution >= 0.6 is 11.6 Å². The van der Waals surface area contributed by atoms with Gasteiger partial charge in [-0.05, 0) is 60.2 Å². The van der Waals surface area contributed by atoms with E-state index >= 15 is 0 Å². The van der Waals surface area contributed by atoms with Gasteiger partial charge in [-0.3, -0.25) is 9.59 Å². The zero-order valence-electron chi connectivity index (χ0n) is 17.3. The number of anilines is 1. The molecule has 0 spiro atoms. The molecule has 0 aliphatic heterocycles. The molecule has 3 rings (SSSR count). The van der Waals surface area contributed by atoms with E-state index in [2.05, 4.69) is 5.32 Å². The second kappa shape index (κ2) is 10.5. The molecule has 0 unspecified atom stereocenters. The van der Waals surface area contributed by atoms with Crippen molar-refractivity contribution in [2.24, 2.45) is 0 Å². The Morgan fingerprint density at radius 2 is 1.65 bits per heavy atom. The van der Waals surface area contributed by atoms with Crippen molar-refractivity contribution < 1.29 is 19.1 Å². The number of rotatable bonds is 8. The fourth-order valence-corrected chi connectivity index (χ4v) is 2.85. The number of nitrogens with zero attached hydrogens (tertiary/aromatic N) is 1. The number of likely N-dealkylation sites (N-methyl/N-ethyl adjacent to an activating group) is 1. The third kappa shape index (κ3) is 6.76. The Hall–Kier alpha value is -3.51. The summed E-state index contributed by atoms with van der Waals surface area (Å²) in [4.78, 5) is 25.6. The van der Waals surface area contributed by atoms with Crippen LogP contribution in [0, 0.1) is 0 Å². The summed E-state index contributed by atoms with van der Waals surface area (Å²) in [5, 5.41) is 3.48. The predicted octanol–water partition coefficient (Wildman–Crippen LogP) is 4.64. The van der Waals surface area contributed by atoms with Crippen molar-refractivity contribution in [1.29, 1.82) is 0 Å². The lowest BCUT2D eigenvalue weighted by molar-refractivity contribution is -0.130. The Morgan fingerprint density at radius 1 is 0.903 bits per heavy atom. The number of benzene rings is 3. The Labute approximate surface area is 186 Å². The number of hydrogen-bond donors (Lipinski definition) is 1. The quantitative estimate of drug-likeness (QED) is 0.556. The van der Waals surface area contributed by atoms with Gasteiger partial charge in [0.2, 0.25) is 0 Å². The Morgan fingerprint density at radius 3 is 2.35 bits per heavy atom. The maximum Gasteiger partial charge on any atom is 0.259 e. The number of carbonyl (C=O) groups excluding carboxylic acids is 2. The van der Waals surface area contributed by atoms with Gasteiger partial charge < -0.3 is 19.7 Å². The lowest BCUT2D eigenvalue weighted by Crippen LogP contribution is -2.27. The molecule has 0 atom stereocenters. The van der Waals surface area contributed by atoms with Gasteiger partial charge in [-0.1, -0.05) is 29.8 Å². The number of hydrogen-bond acceptors (Lipinski definition) is 4. The summed E-state index contributed by atoms with van der Waals surface area (Å²) in [6.45, 7) is 0.310. The molecule has 3 aromatic rings. The number of nitrogens with one attached hydrogen (secondary N) is 1. The molecule has 0 heterocycles. The first-order chi connectivity index (χ1) is 14.9. The van der Waals surface area contributed by atoms with Gasteiger partial charge in [0, 0.05) is 30.4 Å². The van der Waals surface area contributed by atoms with E-state index in [0.29, 0.717) is 34.4 Å². The molecule has 0 saturated heterocycles. The van der Waals surface area contributed by atoms with Crippen LogP contribution in [0.15, 0.2) is 72.8 Å². The van der Waals surface area contributed by atoms with Crippen molar-refractivity contribution in [3.63, 3.8) is 0 Å². The summed E-state index contributed by atoms with van der Waals surface area (Å²) in [6, 6.07) is 21.2. The number of amides is 2. The number of halogens is 1. The summed E-state index contributed by atoms with van der Waals surface area (Å²) in [7, 11) is 3.34. The highest BCUT2D eigenvalue weighted by Gasteiger charge is 2.09. The minimum Gasteiger partial charge on any atom is -0.489 e. The van der Waals surface area contributed by atoms with E-state index in [1.165, 1.54) is 4.90 Å². The van der Waals surface area contributed by atoms with E-state index < -0.39 is 0 Å². The molecule has 0 aliphatic rings. The molecule has 1 N–H and O–H groups in total. The standard InChI is InChI=1S/C24H23ClN2O4/c1-27(2)23(28)16-31-21-11-9-20(10-12-21)26-24(29)18-6-4-8-22(14-18)30-15-17-5-3-7-19(25)13-17/h3-14H,15-16H2,1-2H3,(H,26,29). The third-order valence-corrected chi connectivity index (χ3v) is 4.60. The van der Waals surface area contributed by atoms with Crippen LogP contribution in [0.3, 0.4) is 0 Å². The fourth-order valence-electron chi connectivity index (χ4n) is 2.63. The maximum atomic E-state index is 12.6. The molecule has 2 amide bonds. The van der Waals surface area contributed by atoms with Crippen LogP contribution in [-0.2, 0) is 11.4 Å². The Balaban J connectivity index is 1.56. The van der Waals surface area contributed by atoms with Gasteiger partial charge in [-0.15, -0.1) is 0 Å². The predicted molar refractivity (Wildman–Crippen MR) is 121 cm³/mol. The minimum atomic E-state index is -0.260. The van der Waals surface area contributed by atoms with Gasteiger partial charge in [-0.25, -0.2) is 0 Å². The first-order valence-corrected chi connectivity index (χ1v) is 10.0. The zero-order chi connectivity index (χ0) is 22.2. The average Bonchev–Trinajstić information content (AvgIpc) is 2.77. The lowest BCUT2D eigenvalue weighted by atomic mass is 10.2. The van der Waals surface area contributed by atoms with Gasteiger partial charge >= 0.3 is 0 Å². The summed E-state index contributed by atoms with van der Waals surface area (Å²) in [5.74, 6) is 0.742.